The summed E-state index contributed by atoms with van der Waals surface area (Å²) in [6, 6.07) is 16.1. The van der Waals surface area contributed by atoms with Crippen LogP contribution in [0.15, 0.2) is 67.0 Å². The molecule has 0 atom stereocenters. The van der Waals surface area contributed by atoms with E-state index in [2.05, 4.69) is 20.3 Å². The molecule has 0 radical (unpaired) electrons. The maximum Gasteiger partial charge on any atom is 0.255 e. The SMILES string of the molecule is Cc1nc2ccc(C(=O)Nc3ccc(Oc4ccncc4)cc3)cc2nc1C. The van der Waals surface area contributed by atoms with Gasteiger partial charge >= 0.3 is 0 Å². The fourth-order valence-electron chi connectivity index (χ4n) is 2.72. The van der Waals surface area contributed by atoms with Gasteiger partial charge in [0.25, 0.3) is 5.91 Å². The number of aromatic nitrogens is 3. The molecule has 0 fully saturated rings. The molecule has 6 nitrogen and oxygen atoms in total. The van der Waals surface area contributed by atoms with E-state index < -0.39 is 0 Å². The third kappa shape index (κ3) is 3.81. The van der Waals surface area contributed by atoms with Gasteiger partial charge in [0.05, 0.1) is 22.4 Å². The normalized spacial score (nSPS) is 10.6. The number of ether oxygens (including phenoxy) is 1. The molecular weight excluding hydrogens is 352 g/mol. The van der Waals surface area contributed by atoms with Gasteiger partial charge in [-0.05, 0) is 68.4 Å². The summed E-state index contributed by atoms with van der Waals surface area (Å²) in [6.45, 7) is 3.83. The van der Waals surface area contributed by atoms with Crippen LogP contribution in [0, 0.1) is 13.8 Å². The zero-order chi connectivity index (χ0) is 19.5. The van der Waals surface area contributed by atoms with Crippen LogP contribution in [0.25, 0.3) is 11.0 Å². The van der Waals surface area contributed by atoms with Crippen molar-refractivity contribution in [3.8, 4) is 11.5 Å². The summed E-state index contributed by atoms with van der Waals surface area (Å²) >= 11 is 0. The van der Waals surface area contributed by atoms with E-state index in [-0.39, 0.29) is 5.91 Å². The van der Waals surface area contributed by atoms with Crippen molar-refractivity contribution in [1.82, 2.24) is 15.0 Å². The molecule has 1 amide bonds. The second-order valence-corrected chi connectivity index (χ2v) is 6.36. The van der Waals surface area contributed by atoms with E-state index in [9.17, 15) is 4.79 Å². The van der Waals surface area contributed by atoms with Crippen LogP contribution < -0.4 is 10.1 Å². The molecule has 0 bridgehead atoms. The number of anilines is 1. The molecule has 0 saturated carbocycles. The van der Waals surface area contributed by atoms with Gasteiger partial charge in [0.2, 0.25) is 0 Å². The zero-order valence-electron chi connectivity index (χ0n) is 15.5. The highest BCUT2D eigenvalue weighted by Crippen LogP contribution is 2.23. The summed E-state index contributed by atoms with van der Waals surface area (Å²) in [7, 11) is 0. The highest BCUT2D eigenvalue weighted by atomic mass is 16.5. The molecule has 1 N–H and O–H groups in total. The second kappa shape index (κ2) is 7.44. The molecule has 4 rings (SSSR count). The van der Waals surface area contributed by atoms with Crippen LogP contribution in [0.1, 0.15) is 21.7 Å². The molecule has 0 aliphatic rings. The monoisotopic (exact) mass is 370 g/mol. The Balaban J connectivity index is 1.48. The van der Waals surface area contributed by atoms with Crippen LogP contribution in [0.4, 0.5) is 5.69 Å². The highest BCUT2D eigenvalue weighted by Gasteiger charge is 2.09. The van der Waals surface area contributed by atoms with Crippen LogP contribution in [0.2, 0.25) is 0 Å². The number of carbonyl (C=O) groups is 1. The third-order valence-electron chi connectivity index (χ3n) is 4.34. The summed E-state index contributed by atoms with van der Waals surface area (Å²) in [6.07, 6.45) is 3.33. The van der Waals surface area contributed by atoms with Gasteiger partial charge in [-0.25, -0.2) is 9.97 Å². The first kappa shape index (κ1) is 17.6. The van der Waals surface area contributed by atoms with Gasteiger partial charge in [-0.3, -0.25) is 9.78 Å². The quantitative estimate of drug-likeness (QED) is 0.564. The molecule has 138 valence electrons. The Kier molecular flexibility index (Phi) is 4.68. The lowest BCUT2D eigenvalue weighted by Gasteiger charge is -2.09. The Morgan fingerprint density at radius 2 is 1.46 bits per heavy atom. The van der Waals surface area contributed by atoms with E-state index in [1.807, 2.05) is 19.9 Å². The molecule has 2 aromatic heterocycles. The second-order valence-electron chi connectivity index (χ2n) is 6.36. The molecule has 2 aromatic carbocycles. The number of hydrogen-bond acceptors (Lipinski definition) is 5. The van der Waals surface area contributed by atoms with Crippen molar-refractivity contribution in [3.05, 3.63) is 83.9 Å². The standard InChI is InChI=1S/C22H18N4O2/c1-14-15(2)25-21-13-16(3-8-20(21)24-14)22(27)26-17-4-6-18(7-5-17)28-19-9-11-23-12-10-19/h3-13H,1-2H3,(H,26,27). The van der Waals surface area contributed by atoms with Crippen molar-refractivity contribution in [2.45, 2.75) is 13.8 Å². The lowest BCUT2D eigenvalue weighted by molar-refractivity contribution is 0.102. The van der Waals surface area contributed by atoms with E-state index in [0.29, 0.717) is 28.3 Å². The molecule has 0 unspecified atom stereocenters. The summed E-state index contributed by atoms with van der Waals surface area (Å²) in [4.78, 5) is 25.5. The van der Waals surface area contributed by atoms with Gasteiger partial charge in [-0.2, -0.15) is 0 Å². The van der Waals surface area contributed by atoms with Crippen LogP contribution in [0.5, 0.6) is 11.5 Å². The number of aryl methyl sites for hydroxylation is 2. The largest absolute Gasteiger partial charge is 0.457 e. The Hall–Kier alpha value is -3.80. The van der Waals surface area contributed by atoms with Gasteiger partial charge < -0.3 is 10.1 Å². The molecule has 6 heteroatoms. The minimum atomic E-state index is -0.204. The number of nitrogens with one attached hydrogen (secondary N) is 1. The predicted molar refractivity (Wildman–Crippen MR) is 108 cm³/mol. The number of amides is 1. The third-order valence-corrected chi connectivity index (χ3v) is 4.34. The number of rotatable bonds is 4. The minimum absolute atomic E-state index is 0.204. The van der Waals surface area contributed by atoms with E-state index >= 15 is 0 Å². The maximum absolute atomic E-state index is 12.6. The highest BCUT2D eigenvalue weighted by molar-refractivity contribution is 6.05. The van der Waals surface area contributed by atoms with Gasteiger partial charge in [-0.1, -0.05) is 0 Å². The first-order valence-corrected chi connectivity index (χ1v) is 8.83. The van der Waals surface area contributed by atoms with E-state index in [1.165, 1.54) is 0 Å². The van der Waals surface area contributed by atoms with Crippen molar-refractivity contribution in [2.24, 2.45) is 0 Å². The summed E-state index contributed by atoms with van der Waals surface area (Å²) in [5.74, 6) is 1.18. The smallest absolute Gasteiger partial charge is 0.255 e. The first-order chi connectivity index (χ1) is 13.6. The van der Waals surface area contributed by atoms with Crippen molar-refractivity contribution >= 4 is 22.6 Å². The fourth-order valence-corrected chi connectivity index (χ4v) is 2.72. The Morgan fingerprint density at radius 1 is 0.821 bits per heavy atom. The maximum atomic E-state index is 12.6. The molecule has 4 aromatic rings. The van der Waals surface area contributed by atoms with E-state index in [1.54, 1.807) is 60.9 Å². The van der Waals surface area contributed by atoms with Crippen molar-refractivity contribution in [2.75, 3.05) is 5.32 Å². The van der Waals surface area contributed by atoms with Crippen LogP contribution in [0.3, 0.4) is 0 Å². The average molecular weight is 370 g/mol. The number of carbonyl (C=O) groups excluding carboxylic acids is 1. The molecule has 2 heterocycles. The molecule has 0 spiro atoms. The lowest BCUT2D eigenvalue weighted by Crippen LogP contribution is -2.12. The number of hydrogen-bond donors (Lipinski definition) is 1. The number of fused-ring (bicyclic) bond motifs is 1. The lowest BCUT2D eigenvalue weighted by atomic mass is 10.1. The van der Waals surface area contributed by atoms with Crippen LogP contribution >= 0.6 is 0 Å². The molecular formula is C22H18N4O2. The predicted octanol–water partition coefficient (Wildman–Crippen LogP) is 4.69. The van der Waals surface area contributed by atoms with Crippen LogP contribution in [-0.2, 0) is 0 Å². The van der Waals surface area contributed by atoms with E-state index in [0.717, 1.165) is 16.9 Å². The average Bonchev–Trinajstić information content (AvgIpc) is 2.71. The van der Waals surface area contributed by atoms with Crippen molar-refractivity contribution in [3.63, 3.8) is 0 Å². The number of pyridine rings is 1. The fraction of sp³-hybridized carbons (Fsp3) is 0.0909. The molecule has 28 heavy (non-hydrogen) atoms. The van der Waals surface area contributed by atoms with Gasteiger partial charge in [0, 0.05) is 23.6 Å². The Labute approximate surface area is 162 Å². The number of benzene rings is 2. The minimum Gasteiger partial charge on any atom is -0.457 e. The summed E-state index contributed by atoms with van der Waals surface area (Å²) in [5, 5.41) is 2.89. The van der Waals surface area contributed by atoms with Gasteiger partial charge in [0.1, 0.15) is 11.5 Å². The van der Waals surface area contributed by atoms with Crippen molar-refractivity contribution in [1.29, 1.82) is 0 Å². The molecule has 0 aliphatic heterocycles. The van der Waals surface area contributed by atoms with E-state index in [4.69, 9.17) is 4.74 Å². The molecule has 0 saturated heterocycles. The Bertz CT molecular complexity index is 1140. The zero-order valence-corrected chi connectivity index (χ0v) is 15.5. The topological polar surface area (TPSA) is 77.0 Å². The van der Waals surface area contributed by atoms with Crippen LogP contribution in [-0.4, -0.2) is 20.9 Å². The van der Waals surface area contributed by atoms with Crippen molar-refractivity contribution < 1.29 is 9.53 Å². The first-order valence-electron chi connectivity index (χ1n) is 8.83. The summed E-state index contributed by atoms with van der Waals surface area (Å²) in [5.41, 5.74) is 4.43. The summed E-state index contributed by atoms with van der Waals surface area (Å²) < 4.78 is 5.72. The Morgan fingerprint density at radius 3 is 2.18 bits per heavy atom. The van der Waals surface area contributed by atoms with Gasteiger partial charge in [-0.15, -0.1) is 0 Å². The number of nitrogens with zero attached hydrogens (tertiary/aromatic N) is 3. The molecule has 0 aliphatic carbocycles. The van der Waals surface area contributed by atoms with Gasteiger partial charge in [0.15, 0.2) is 0 Å².